The summed E-state index contributed by atoms with van der Waals surface area (Å²) in [5, 5.41) is 0. The van der Waals surface area contributed by atoms with E-state index in [9.17, 15) is 4.79 Å². The molecule has 1 aromatic rings. The molecule has 2 rings (SSSR count). The maximum absolute atomic E-state index is 12.5. The minimum absolute atomic E-state index is 0.216. The molecule has 0 aliphatic heterocycles. The molecule has 1 aliphatic carbocycles. The fraction of sp³-hybridized carbons (Fsp3) is 0.667. The number of rotatable bonds is 2. The highest BCUT2D eigenvalue weighted by Gasteiger charge is 2.29. The van der Waals surface area contributed by atoms with Crippen molar-refractivity contribution < 1.29 is 9.21 Å². The van der Waals surface area contributed by atoms with Gasteiger partial charge in [-0.25, -0.2) is 0 Å². The van der Waals surface area contributed by atoms with Crippen LogP contribution in [0.2, 0.25) is 0 Å². The molecule has 1 aliphatic rings. The first-order valence-corrected chi connectivity index (χ1v) is 6.61. The minimum atomic E-state index is 0.216. The summed E-state index contributed by atoms with van der Waals surface area (Å²) in [6, 6.07) is 0. The Morgan fingerprint density at radius 1 is 1.18 bits per heavy atom. The molecule has 1 fully saturated rings. The highest BCUT2D eigenvalue weighted by molar-refractivity contribution is 6.00. The van der Waals surface area contributed by atoms with E-state index in [4.69, 9.17) is 4.42 Å². The Labute approximate surface area is 103 Å². The van der Waals surface area contributed by atoms with Gasteiger partial charge < -0.3 is 4.42 Å². The van der Waals surface area contributed by atoms with Gasteiger partial charge in [0.05, 0.1) is 5.56 Å². The lowest BCUT2D eigenvalue weighted by atomic mass is 9.78. The molecule has 0 amide bonds. The van der Waals surface area contributed by atoms with Crippen LogP contribution in [0.25, 0.3) is 0 Å². The quantitative estimate of drug-likeness (QED) is 0.717. The summed E-state index contributed by atoms with van der Waals surface area (Å²) in [5.41, 5.74) is 1.88. The molecule has 2 heteroatoms. The molecule has 0 aromatic carbocycles. The van der Waals surface area contributed by atoms with Crippen molar-refractivity contribution in [3.63, 3.8) is 0 Å². The first-order valence-electron chi connectivity index (χ1n) is 6.61. The highest BCUT2D eigenvalue weighted by atomic mass is 16.3. The lowest BCUT2D eigenvalue weighted by Crippen LogP contribution is -2.22. The first kappa shape index (κ1) is 12.4. The van der Waals surface area contributed by atoms with Crippen LogP contribution in [0.4, 0.5) is 0 Å². The summed E-state index contributed by atoms with van der Waals surface area (Å²) in [7, 11) is 0. The molecule has 0 bridgehead atoms. The Kier molecular flexibility index (Phi) is 3.41. The molecule has 1 heterocycles. The smallest absolute Gasteiger partial charge is 0.169 e. The average molecular weight is 234 g/mol. The third-order valence-corrected chi connectivity index (χ3v) is 4.11. The molecule has 2 atom stereocenters. The van der Waals surface area contributed by atoms with Crippen molar-refractivity contribution in [3.8, 4) is 0 Å². The van der Waals surface area contributed by atoms with Gasteiger partial charge >= 0.3 is 0 Å². The van der Waals surface area contributed by atoms with Gasteiger partial charge in [0.1, 0.15) is 11.5 Å². The molecule has 0 N–H and O–H groups in total. The van der Waals surface area contributed by atoms with Gasteiger partial charge in [-0.2, -0.15) is 0 Å². The van der Waals surface area contributed by atoms with Crippen LogP contribution < -0.4 is 0 Å². The van der Waals surface area contributed by atoms with Crippen molar-refractivity contribution in [1.29, 1.82) is 0 Å². The van der Waals surface area contributed by atoms with Crippen LogP contribution in [0.1, 0.15) is 60.0 Å². The summed E-state index contributed by atoms with van der Waals surface area (Å²) in [4.78, 5) is 12.5. The second-order valence-corrected chi connectivity index (χ2v) is 5.55. The van der Waals surface area contributed by atoms with Crippen LogP contribution in [0.3, 0.4) is 0 Å². The highest BCUT2D eigenvalue weighted by Crippen LogP contribution is 2.33. The monoisotopic (exact) mass is 234 g/mol. The number of hydrogen-bond acceptors (Lipinski definition) is 2. The predicted octanol–water partition coefficient (Wildman–Crippen LogP) is 4.21. The Balaban J connectivity index is 2.24. The standard InChI is InChI=1S/C15H22O2/c1-9-6-5-7-13(8-9)15(16)14-10(2)11(3)17-12(14)4/h9,13H,5-8H2,1-4H3. The van der Waals surface area contributed by atoms with E-state index in [0.717, 1.165) is 35.5 Å². The Hall–Kier alpha value is -1.05. The SMILES string of the molecule is Cc1oc(C)c(C(=O)C2CCCC(C)C2)c1C. The zero-order chi connectivity index (χ0) is 12.6. The summed E-state index contributed by atoms with van der Waals surface area (Å²) >= 11 is 0. The van der Waals surface area contributed by atoms with Crippen LogP contribution in [0.15, 0.2) is 4.42 Å². The molecule has 2 nitrogen and oxygen atoms in total. The van der Waals surface area contributed by atoms with Crippen molar-refractivity contribution in [3.05, 3.63) is 22.6 Å². The molecule has 94 valence electrons. The number of aryl methyl sites for hydroxylation is 2. The second-order valence-electron chi connectivity index (χ2n) is 5.55. The Morgan fingerprint density at radius 3 is 2.41 bits per heavy atom. The Bertz CT molecular complexity index is 428. The minimum Gasteiger partial charge on any atom is -0.466 e. The average Bonchev–Trinajstić information content (AvgIpc) is 2.52. The molecular weight excluding hydrogens is 212 g/mol. The van der Waals surface area contributed by atoms with E-state index in [2.05, 4.69) is 6.92 Å². The first-order chi connectivity index (χ1) is 8.00. The van der Waals surface area contributed by atoms with E-state index in [-0.39, 0.29) is 5.92 Å². The molecule has 2 unspecified atom stereocenters. The third kappa shape index (κ3) is 2.31. The largest absolute Gasteiger partial charge is 0.466 e. The molecular formula is C15H22O2. The zero-order valence-corrected chi connectivity index (χ0v) is 11.3. The van der Waals surface area contributed by atoms with Gasteiger partial charge in [-0.05, 0) is 39.5 Å². The van der Waals surface area contributed by atoms with Crippen molar-refractivity contribution in [1.82, 2.24) is 0 Å². The van der Waals surface area contributed by atoms with E-state index >= 15 is 0 Å². The van der Waals surface area contributed by atoms with Crippen molar-refractivity contribution >= 4 is 5.78 Å². The van der Waals surface area contributed by atoms with Gasteiger partial charge in [0.15, 0.2) is 5.78 Å². The number of hydrogen-bond donors (Lipinski definition) is 0. The normalized spacial score (nSPS) is 24.9. The summed E-state index contributed by atoms with van der Waals surface area (Å²) < 4.78 is 5.56. The second kappa shape index (κ2) is 4.67. The maximum Gasteiger partial charge on any atom is 0.169 e. The molecule has 0 saturated heterocycles. The predicted molar refractivity (Wildman–Crippen MR) is 68.4 cm³/mol. The maximum atomic E-state index is 12.5. The summed E-state index contributed by atoms with van der Waals surface area (Å²) in [6.45, 7) is 8.08. The Morgan fingerprint density at radius 2 is 1.88 bits per heavy atom. The lowest BCUT2D eigenvalue weighted by Gasteiger charge is -2.25. The van der Waals surface area contributed by atoms with Crippen LogP contribution in [-0.2, 0) is 0 Å². The fourth-order valence-electron chi connectivity index (χ4n) is 3.03. The number of carbonyl (C=O) groups is 1. The molecule has 0 radical (unpaired) electrons. The molecule has 1 aromatic heterocycles. The third-order valence-electron chi connectivity index (χ3n) is 4.11. The van der Waals surface area contributed by atoms with Gasteiger partial charge in [-0.3, -0.25) is 4.79 Å². The summed E-state index contributed by atoms with van der Waals surface area (Å²) in [5.74, 6) is 2.89. The fourth-order valence-corrected chi connectivity index (χ4v) is 3.03. The van der Waals surface area contributed by atoms with Gasteiger partial charge in [-0.15, -0.1) is 0 Å². The topological polar surface area (TPSA) is 30.2 Å². The van der Waals surface area contributed by atoms with E-state index < -0.39 is 0 Å². The van der Waals surface area contributed by atoms with Gasteiger partial charge in [0, 0.05) is 11.5 Å². The van der Waals surface area contributed by atoms with E-state index in [0.29, 0.717) is 11.7 Å². The lowest BCUT2D eigenvalue weighted by molar-refractivity contribution is 0.0866. The van der Waals surface area contributed by atoms with Crippen LogP contribution in [-0.4, -0.2) is 5.78 Å². The number of ketones is 1. The van der Waals surface area contributed by atoms with Crippen LogP contribution >= 0.6 is 0 Å². The summed E-state index contributed by atoms with van der Waals surface area (Å²) in [6.07, 6.45) is 4.55. The van der Waals surface area contributed by atoms with Gasteiger partial charge in [0.25, 0.3) is 0 Å². The number of carbonyl (C=O) groups excluding carboxylic acids is 1. The van der Waals surface area contributed by atoms with E-state index in [1.165, 1.54) is 12.8 Å². The number of Topliss-reactive ketones (excluding diaryl/α,β-unsaturated/α-hetero) is 1. The van der Waals surface area contributed by atoms with Crippen molar-refractivity contribution in [2.45, 2.75) is 53.4 Å². The number of furan rings is 1. The van der Waals surface area contributed by atoms with Crippen molar-refractivity contribution in [2.75, 3.05) is 0 Å². The van der Waals surface area contributed by atoms with E-state index in [1.54, 1.807) is 0 Å². The van der Waals surface area contributed by atoms with Gasteiger partial charge in [0.2, 0.25) is 0 Å². The van der Waals surface area contributed by atoms with Crippen LogP contribution in [0, 0.1) is 32.6 Å². The van der Waals surface area contributed by atoms with Gasteiger partial charge in [-0.1, -0.05) is 19.8 Å². The van der Waals surface area contributed by atoms with Crippen molar-refractivity contribution in [2.24, 2.45) is 11.8 Å². The van der Waals surface area contributed by atoms with Crippen LogP contribution in [0.5, 0.6) is 0 Å². The molecule has 17 heavy (non-hydrogen) atoms. The molecule has 0 spiro atoms. The zero-order valence-electron chi connectivity index (χ0n) is 11.3. The molecule has 1 saturated carbocycles. The van der Waals surface area contributed by atoms with E-state index in [1.807, 2.05) is 20.8 Å².